The zero-order chi connectivity index (χ0) is 11.5. The molecule has 0 amide bonds. The fourth-order valence-corrected chi connectivity index (χ4v) is 1.93. The van der Waals surface area contributed by atoms with E-state index >= 15 is 0 Å². The van der Waals surface area contributed by atoms with E-state index in [1.54, 1.807) is 6.07 Å². The summed E-state index contributed by atoms with van der Waals surface area (Å²) in [5, 5.41) is 12.0. The van der Waals surface area contributed by atoms with Gasteiger partial charge in [-0.1, -0.05) is 6.07 Å². The first-order valence-electron chi connectivity index (χ1n) is 5.47. The summed E-state index contributed by atoms with van der Waals surface area (Å²) in [5.74, 6) is -0.462. The minimum Gasteiger partial charge on any atom is -0.393 e. The summed E-state index contributed by atoms with van der Waals surface area (Å²) < 4.78 is 26.5. The fraction of sp³-hybridized carbons (Fsp3) is 0.500. The van der Waals surface area contributed by atoms with Crippen LogP contribution >= 0.6 is 0 Å². The maximum absolute atomic E-state index is 13.4. The summed E-state index contributed by atoms with van der Waals surface area (Å²) in [6, 6.07) is 4.47. The SMILES string of the molecule is OCC(F)c1cc(F)ccc1CC1CCN1. The van der Waals surface area contributed by atoms with Crippen LogP contribution in [0.4, 0.5) is 8.78 Å². The van der Waals surface area contributed by atoms with Crippen molar-refractivity contribution < 1.29 is 13.9 Å². The van der Waals surface area contributed by atoms with Gasteiger partial charge in [0.2, 0.25) is 0 Å². The maximum Gasteiger partial charge on any atom is 0.148 e. The predicted octanol–water partition coefficient (Wildman–Crippen LogP) is 1.73. The van der Waals surface area contributed by atoms with Crippen molar-refractivity contribution in [2.75, 3.05) is 13.2 Å². The minimum absolute atomic E-state index is 0.274. The van der Waals surface area contributed by atoms with Crippen molar-refractivity contribution in [2.45, 2.75) is 25.1 Å². The van der Waals surface area contributed by atoms with Crippen molar-refractivity contribution in [1.29, 1.82) is 0 Å². The van der Waals surface area contributed by atoms with Gasteiger partial charge in [0.25, 0.3) is 0 Å². The molecule has 1 aromatic carbocycles. The summed E-state index contributed by atoms with van der Waals surface area (Å²) >= 11 is 0. The number of benzene rings is 1. The largest absolute Gasteiger partial charge is 0.393 e. The van der Waals surface area contributed by atoms with Gasteiger partial charge in [0.15, 0.2) is 0 Å². The monoisotopic (exact) mass is 227 g/mol. The summed E-state index contributed by atoms with van der Waals surface area (Å²) in [6.45, 7) is 0.384. The Hall–Kier alpha value is -1.00. The van der Waals surface area contributed by atoms with E-state index in [0.29, 0.717) is 12.5 Å². The van der Waals surface area contributed by atoms with Crippen molar-refractivity contribution in [2.24, 2.45) is 0 Å². The fourth-order valence-electron chi connectivity index (χ4n) is 1.93. The highest BCUT2D eigenvalue weighted by molar-refractivity contribution is 5.31. The number of hydrogen-bond donors (Lipinski definition) is 2. The highest BCUT2D eigenvalue weighted by Crippen LogP contribution is 2.24. The third-order valence-corrected chi connectivity index (χ3v) is 3.00. The molecule has 0 aliphatic carbocycles. The Morgan fingerprint density at radius 3 is 2.81 bits per heavy atom. The van der Waals surface area contributed by atoms with Gasteiger partial charge in [-0.15, -0.1) is 0 Å². The molecule has 4 heteroatoms. The van der Waals surface area contributed by atoms with Gasteiger partial charge in [-0.25, -0.2) is 8.78 Å². The van der Waals surface area contributed by atoms with Crippen molar-refractivity contribution >= 4 is 0 Å². The minimum atomic E-state index is -1.49. The van der Waals surface area contributed by atoms with E-state index in [1.165, 1.54) is 12.1 Å². The molecule has 0 saturated carbocycles. The molecule has 16 heavy (non-hydrogen) atoms. The number of aliphatic hydroxyl groups is 1. The first-order chi connectivity index (χ1) is 7.70. The van der Waals surface area contributed by atoms with Crippen LogP contribution in [0.3, 0.4) is 0 Å². The summed E-state index contributed by atoms with van der Waals surface area (Å²) in [4.78, 5) is 0. The quantitative estimate of drug-likeness (QED) is 0.821. The number of aliphatic hydroxyl groups excluding tert-OH is 1. The van der Waals surface area contributed by atoms with E-state index in [0.717, 1.165) is 18.5 Å². The second-order valence-electron chi connectivity index (χ2n) is 4.14. The molecule has 1 fully saturated rings. The Bertz CT molecular complexity index is 366. The molecule has 2 nitrogen and oxygen atoms in total. The van der Waals surface area contributed by atoms with Gasteiger partial charge < -0.3 is 10.4 Å². The molecule has 2 unspecified atom stereocenters. The average Bonchev–Trinajstić information content (AvgIpc) is 2.23. The first kappa shape index (κ1) is 11.5. The van der Waals surface area contributed by atoms with E-state index in [9.17, 15) is 8.78 Å². The van der Waals surface area contributed by atoms with Crippen LogP contribution < -0.4 is 5.32 Å². The van der Waals surface area contributed by atoms with Gasteiger partial charge in [-0.2, -0.15) is 0 Å². The second kappa shape index (κ2) is 4.89. The molecular weight excluding hydrogens is 212 g/mol. The summed E-state index contributed by atoms with van der Waals surface area (Å²) in [7, 11) is 0. The molecule has 1 heterocycles. The highest BCUT2D eigenvalue weighted by Gasteiger charge is 2.21. The van der Waals surface area contributed by atoms with E-state index < -0.39 is 18.6 Å². The molecule has 0 bridgehead atoms. The van der Waals surface area contributed by atoms with Crippen LogP contribution in [0.5, 0.6) is 0 Å². The molecule has 0 spiro atoms. The van der Waals surface area contributed by atoms with Crippen LogP contribution in [0.25, 0.3) is 0 Å². The molecule has 2 atom stereocenters. The molecular formula is C12H15F2NO. The second-order valence-corrected chi connectivity index (χ2v) is 4.14. The van der Waals surface area contributed by atoms with Gasteiger partial charge in [0.1, 0.15) is 12.0 Å². The van der Waals surface area contributed by atoms with Gasteiger partial charge in [-0.3, -0.25) is 0 Å². The first-order valence-corrected chi connectivity index (χ1v) is 5.47. The average molecular weight is 227 g/mol. The topological polar surface area (TPSA) is 32.3 Å². The van der Waals surface area contributed by atoms with Gasteiger partial charge in [0, 0.05) is 6.04 Å². The van der Waals surface area contributed by atoms with Crippen molar-refractivity contribution in [3.05, 3.63) is 35.1 Å². The maximum atomic E-state index is 13.4. The lowest BCUT2D eigenvalue weighted by atomic mass is 9.93. The molecule has 1 aliphatic heterocycles. The van der Waals surface area contributed by atoms with Crippen LogP contribution in [0.1, 0.15) is 23.7 Å². The van der Waals surface area contributed by atoms with Gasteiger partial charge in [-0.05, 0) is 42.6 Å². The molecule has 0 radical (unpaired) electrons. The lowest BCUT2D eigenvalue weighted by Crippen LogP contribution is -2.44. The normalized spacial score (nSPS) is 21.6. The Labute approximate surface area is 93.3 Å². The zero-order valence-electron chi connectivity index (χ0n) is 8.92. The Morgan fingerprint density at radius 1 is 1.50 bits per heavy atom. The molecule has 1 saturated heterocycles. The zero-order valence-corrected chi connectivity index (χ0v) is 8.92. The van der Waals surface area contributed by atoms with E-state index in [2.05, 4.69) is 5.32 Å². The number of halogens is 2. The van der Waals surface area contributed by atoms with Crippen LogP contribution in [0, 0.1) is 5.82 Å². The molecule has 1 aliphatic rings. The van der Waals surface area contributed by atoms with Gasteiger partial charge in [0.05, 0.1) is 6.61 Å². The van der Waals surface area contributed by atoms with Crippen LogP contribution in [0.15, 0.2) is 18.2 Å². The Morgan fingerprint density at radius 2 is 2.25 bits per heavy atom. The Balaban J connectivity index is 2.20. The van der Waals surface area contributed by atoms with Crippen molar-refractivity contribution in [3.8, 4) is 0 Å². The third-order valence-electron chi connectivity index (χ3n) is 3.00. The molecule has 2 rings (SSSR count). The van der Waals surface area contributed by atoms with E-state index in [4.69, 9.17) is 5.11 Å². The number of rotatable bonds is 4. The number of alkyl halides is 1. The third kappa shape index (κ3) is 2.39. The summed E-state index contributed by atoms with van der Waals surface area (Å²) in [6.07, 6.45) is 0.258. The van der Waals surface area contributed by atoms with E-state index in [1.807, 2.05) is 0 Å². The standard InChI is InChI=1S/C12H15F2NO/c13-9-2-1-8(5-10-3-4-15-10)11(6-9)12(14)7-16/h1-2,6,10,12,15-16H,3-5,7H2. The molecule has 88 valence electrons. The molecule has 2 N–H and O–H groups in total. The van der Waals surface area contributed by atoms with E-state index in [-0.39, 0.29) is 5.56 Å². The molecule has 0 aromatic heterocycles. The van der Waals surface area contributed by atoms with Crippen LogP contribution in [-0.4, -0.2) is 24.3 Å². The van der Waals surface area contributed by atoms with Crippen LogP contribution in [-0.2, 0) is 6.42 Å². The summed E-state index contributed by atoms with van der Waals surface area (Å²) in [5.41, 5.74) is 1.05. The van der Waals surface area contributed by atoms with Gasteiger partial charge >= 0.3 is 0 Å². The lowest BCUT2D eigenvalue weighted by molar-refractivity contribution is 0.178. The number of nitrogens with one attached hydrogen (secondary N) is 1. The predicted molar refractivity (Wildman–Crippen MR) is 57.4 cm³/mol. The highest BCUT2D eigenvalue weighted by atomic mass is 19.1. The van der Waals surface area contributed by atoms with Crippen LogP contribution in [0.2, 0.25) is 0 Å². The number of hydrogen-bond acceptors (Lipinski definition) is 2. The van der Waals surface area contributed by atoms with Crippen molar-refractivity contribution in [3.63, 3.8) is 0 Å². The molecule has 1 aromatic rings. The lowest BCUT2D eigenvalue weighted by Gasteiger charge is -2.28. The Kier molecular flexibility index (Phi) is 3.51. The smallest absolute Gasteiger partial charge is 0.148 e. The van der Waals surface area contributed by atoms with Crippen molar-refractivity contribution in [1.82, 2.24) is 5.32 Å².